The monoisotopic (exact) mass is 298 g/mol. The number of nitrogens with zero attached hydrogens (tertiary/aromatic N) is 4. The molecule has 1 aliphatic rings. The number of aromatic carboxylic acids is 1. The van der Waals surface area contributed by atoms with Gasteiger partial charge in [0.15, 0.2) is 11.5 Å². The Morgan fingerprint density at radius 3 is 2.73 bits per heavy atom. The van der Waals surface area contributed by atoms with E-state index in [1.54, 1.807) is 30.6 Å². The number of piperidine rings is 1. The molecule has 0 aromatic carbocycles. The normalized spacial score (nSPS) is 18.2. The molecule has 1 atom stereocenters. The van der Waals surface area contributed by atoms with Crippen LogP contribution in [0.3, 0.4) is 0 Å². The van der Waals surface area contributed by atoms with Gasteiger partial charge in [-0.2, -0.15) is 0 Å². The maximum Gasteiger partial charge on any atom is 0.354 e. The fourth-order valence-corrected chi connectivity index (χ4v) is 2.76. The van der Waals surface area contributed by atoms with Gasteiger partial charge < -0.3 is 10.0 Å². The maximum absolute atomic E-state index is 11.4. The Bertz CT molecular complexity index is 675. The highest BCUT2D eigenvalue weighted by atomic mass is 16.4. The van der Waals surface area contributed by atoms with Crippen molar-refractivity contribution >= 4 is 11.8 Å². The second-order valence-corrected chi connectivity index (χ2v) is 5.51. The van der Waals surface area contributed by atoms with Crippen molar-refractivity contribution < 1.29 is 9.90 Å². The topological polar surface area (TPSA) is 79.2 Å². The van der Waals surface area contributed by atoms with Gasteiger partial charge in [0, 0.05) is 36.6 Å². The number of carbonyl (C=O) groups is 1. The summed E-state index contributed by atoms with van der Waals surface area (Å²) in [7, 11) is 0. The molecule has 3 heterocycles. The highest BCUT2D eigenvalue weighted by Crippen LogP contribution is 2.25. The lowest BCUT2D eigenvalue weighted by molar-refractivity contribution is 0.0690. The molecule has 0 spiro atoms. The summed E-state index contributed by atoms with van der Waals surface area (Å²) in [6.07, 6.45) is 6.69. The average molecular weight is 298 g/mol. The third kappa shape index (κ3) is 2.90. The zero-order valence-corrected chi connectivity index (χ0v) is 12.4. The second-order valence-electron chi connectivity index (χ2n) is 5.51. The van der Waals surface area contributed by atoms with Crippen LogP contribution in [0.15, 0.2) is 30.6 Å². The summed E-state index contributed by atoms with van der Waals surface area (Å²) in [5.74, 6) is 0.0742. The molecule has 1 unspecified atom stereocenters. The first kappa shape index (κ1) is 14.4. The largest absolute Gasteiger partial charge is 0.477 e. The zero-order chi connectivity index (χ0) is 15.5. The van der Waals surface area contributed by atoms with E-state index in [1.807, 2.05) is 0 Å². The minimum Gasteiger partial charge on any atom is -0.477 e. The van der Waals surface area contributed by atoms with E-state index in [9.17, 15) is 9.90 Å². The van der Waals surface area contributed by atoms with Crippen LogP contribution < -0.4 is 4.90 Å². The lowest BCUT2D eigenvalue weighted by Gasteiger charge is -2.34. The summed E-state index contributed by atoms with van der Waals surface area (Å²) >= 11 is 0. The van der Waals surface area contributed by atoms with E-state index >= 15 is 0 Å². The average Bonchev–Trinajstić information content (AvgIpc) is 2.55. The van der Waals surface area contributed by atoms with E-state index in [4.69, 9.17) is 0 Å². The van der Waals surface area contributed by atoms with Crippen LogP contribution in [-0.2, 0) is 0 Å². The predicted octanol–water partition coefficient (Wildman–Crippen LogP) is 2.62. The van der Waals surface area contributed by atoms with Crippen molar-refractivity contribution in [1.82, 2.24) is 15.0 Å². The Labute approximate surface area is 128 Å². The van der Waals surface area contributed by atoms with Crippen molar-refractivity contribution in [2.75, 3.05) is 11.4 Å². The SMILES string of the molecule is CC1CCCCN1c1cc(C(=O)O)nc(-c2ccncc2)n1. The van der Waals surface area contributed by atoms with Crippen molar-refractivity contribution in [1.29, 1.82) is 0 Å². The summed E-state index contributed by atoms with van der Waals surface area (Å²) in [6, 6.07) is 5.49. The molecule has 3 rings (SSSR count). The molecular formula is C16H18N4O2. The number of rotatable bonds is 3. The van der Waals surface area contributed by atoms with Crippen LogP contribution >= 0.6 is 0 Å². The van der Waals surface area contributed by atoms with Gasteiger partial charge in [0.05, 0.1) is 0 Å². The molecule has 0 radical (unpaired) electrons. The molecule has 2 aromatic rings. The van der Waals surface area contributed by atoms with Crippen LogP contribution in [0.25, 0.3) is 11.4 Å². The van der Waals surface area contributed by atoms with Gasteiger partial charge in [0.2, 0.25) is 0 Å². The van der Waals surface area contributed by atoms with Gasteiger partial charge in [0.1, 0.15) is 5.82 Å². The molecule has 22 heavy (non-hydrogen) atoms. The number of carboxylic acids is 1. The van der Waals surface area contributed by atoms with Crippen LogP contribution in [0, 0.1) is 0 Å². The fourth-order valence-electron chi connectivity index (χ4n) is 2.76. The minimum atomic E-state index is -1.04. The van der Waals surface area contributed by atoms with Crippen LogP contribution in [0.5, 0.6) is 0 Å². The van der Waals surface area contributed by atoms with Crippen molar-refractivity contribution in [2.45, 2.75) is 32.2 Å². The van der Waals surface area contributed by atoms with E-state index in [0.717, 1.165) is 24.9 Å². The molecular weight excluding hydrogens is 280 g/mol. The first-order chi connectivity index (χ1) is 10.6. The standard InChI is InChI=1S/C16H18N4O2/c1-11-4-2-3-9-20(11)14-10-13(16(21)22)18-15(19-14)12-5-7-17-8-6-12/h5-8,10-11H,2-4,9H2,1H3,(H,21,22). The lowest BCUT2D eigenvalue weighted by Crippen LogP contribution is -2.38. The fraction of sp³-hybridized carbons (Fsp3) is 0.375. The Balaban J connectivity index is 2.06. The maximum atomic E-state index is 11.4. The number of hydrogen-bond acceptors (Lipinski definition) is 5. The van der Waals surface area contributed by atoms with Crippen LogP contribution in [0.2, 0.25) is 0 Å². The van der Waals surface area contributed by atoms with E-state index in [2.05, 4.69) is 26.8 Å². The lowest BCUT2D eigenvalue weighted by atomic mass is 10.0. The Morgan fingerprint density at radius 2 is 2.05 bits per heavy atom. The van der Waals surface area contributed by atoms with Crippen molar-refractivity contribution in [2.24, 2.45) is 0 Å². The summed E-state index contributed by atoms with van der Waals surface area (Å²) < 4.78 is 0. The zero-order valence-electron chi connectivity index (χ0n) is 12.4. The van der Waals surface area contributed by atoms with Crippen LogP contribution in [0.1, 0.15) is 36.7 Å². The summed E-state index contributed by atoms with van der Waals surface area (Å²) in [6.45, 7) is 3.04. The van der Waals surface area contributed by atoms with Gasteiger partial charge in [-0.05, 0) is 38.3 Å². The highest BCUT2D eigenvalue weighted by Gasteiger charge is 2.22. The number of pyridine rings is 1. The molecule has 0 aliphatic carbocycles. The van der Waals surface area contributed by atoms with Gasteiger partial charge >= 0.3 is 5.97 Å². The van der Waals surface area contributed by atoms with Gasteiger partial charge in [0.25, 0.3) is 0 Å². The van der Waals surface area contributed by atoms with E-state index < -0.39 is 5.97 Å². The van der Waals surface area contributed by atoms with Crippen LogP contribution in [0.4, 0.5) is 5.82 Å². The molecule has 0 bridgehead atoms. The Kier molecular flexibility index (Phi) is 4.00. The predicted molar refractivity (Wildman–Crippen MR) is 82.9 cm³/mol. The molecule has 0 amide bonds. The van der Waals surface area contributed by atoms with Gasteiger partial charge in [-0.3, -0.25) is 4.98 Å². The Hall–Kier alpha value is -2.50. The first-order valence-electron chi connectivity index (χ1n) is 7.44. The van der Waals surface area contributed by atoms with Gasteiger partial charge in [-0.25, -0.2) is 14.8 Å². The molecule has 1 N–H and O–H groups in total. The Morgan fingerprint density at radius 1 is 1.27 bits per heavy atom. The van der Waals surface area contributed by atoms with Crippen LogP contribution in [-0.4, -0.2) is 38.6 Å². The number of anilines is 1. The minimum absolute atomic E-state index is 0.0228. The quantitative estimate of drug-likeness (QED) is 0.938. The molecule has 0 saturated carbocycles. The molecule has 1 fully saturated rings. The van der Waals surface area contributed by atoms with Crippen molar-refractivity contribution in [3.63, 3.8) is 0 Å². The number of aromatic nitrogens is 3. The molecule has 6 heteroatoms. The molecule has 2 aromatic heterocycles. The highest BCUT2D eigenvalue weighted by molar-refractivity contribution is 5.87. The summed E-state index contributed by atoms with van der Waals surface area (Å²) in [4.78, 5) is 26.3. The first-order valence-corrected chi connectivity index (χ1v) is 7.44. The number of hydrogen-bond donors (Lipinski definition) is 1. The van der Waals surface area contributed by atoms with E-state index in [-0.39, 0.29) is 5.69 Å². The smallest absolute Gasteiger partial charge is 0.354 e. The molecule has 1 aliphatic heterocycles. The second kappa shape index (κ2) is 6.09. The summed E-state index contributed by atoms with van der Waals surface area (Å²) in [5.41, 5.74) is 0.790. The van der Waals surface area contributed by atoms with Crippen molar-refractivity contribution in [3.8, 4) is 11.4 Å². The molecule has 1 saturated heterocycles. The van der Waals surface area contributed by atoms with Gasteiger partial charge in [-0.15, -0.1) is 0 Å². The van der Waals surface area contributed by atoms with E-state index in [1.165, 1.54) is 6.42 Å². The van der Waals surface area contributed by atoms with Gasteiger partial charge in [-0.1, -0.05) is 0 Å². The number of carboxylic acid groups (broad SMARTS) is 1. The summed E-state index contributed by atoms with van der Waals surface area (Å²) in [5, 5.41) is 9.32. The third-order valence-corrected chi connectivity index (χ3v) is 3.97. The third-order valence-electron chi connectivity index (χ3n) is 3.97. The molecule has 6 nitrogen and oxygen atoms in total. The molecule has 114 valence electrons. The van der Waals surface area contributed by atoms with Crippen molar-refractivity contribution in [3.05, 3.63) is 36.3 Å². The van der Waals surface area contributed by atoms with E-state index in [0.29, 0.717) is 17.7 Å².